The van der Waals surface area contributed by atoms with Crippen LogP contribution in [-0.4, -0.2) is 34.0 Å². The van der Waals surface area contributed by atoms with Gasteiger partial charge >= 0.3 is 5.97 Å². The molecule has 0 bridgehead atoms. The van der Waals surface area contributed by atoms with Gasteiger partial charge in [0.25, 0.3) is 0 Å². The molecule has 0 unspecified atom stereocenters. The number of nitrogens with zero attached hydrogens (tertiary/aromatic N) is 2. The number of hydrogen-bond acceptors (Lipinski definition) is 3. The van der Waals surface area contributed by atoms with Gasteiger partial charge in [-0.3, -0.25) is 9.88 Å². The van der Waals surface area contributed by atoms with Gasteiger partial charge in [0.1, 0.15) is 0 Å². The third-order valence-corrected chi connectivity index (χ3v) is 4.74. The second-order valence-electron chi connectivity index (χ2n) is 6.63. The van der Waals surface area contributed by atoms with E-state index in [1.54, 1.807) is 12.1 Å². The van der Waals surface area contributed by atoms with Crippen molar-refractivity contribution in [3.63, 3.8) is 0 Å². The highest BCUT2D eigenvalue weighted by Gasteiger charge is 2.12. The minimum absolute atomic E-state index is 0.358. The fraction of sp³-hybridized carbons (Fsp3) is 0.400. The summed E-state index contributed by atoms with van der Waals surface area (Å²) in [6, 6.07) is 7.58. The molecular weight excluding hydrogens is 300 g/mol. The largest absolute Gasteiger partial charge is 0.478 e. The molecular formula is C20H24N2O2. The van der Waals surface area contributed by atoms with Gasteiger partial charge in [-0.2, -0.15) is 0 Å². The van der Waals surface area contributed by atoms with Crippen LogP contribution >= 0.6 is 0 Å². The summed E-state index contributed by atoms with van der Waals surface area (Å²) in [4.78, 5) is 18.0. The van der Waals surface area contributed by atoms with Crippen molar-refractivity contribution in [1.29, 1.82) is 0 Å². The molecule has 1 aliphatic heterocycles. The second kappa shape index (κ2) is 7.58. The Hall–Kier alpha value is -2.20. The molecule has 0 amide bonds. The Kier molecular flexibility index (Phi) is 5.26. The Morgan fingerprint density at radius 1 is 1.12 bits per heavy atom. The van der Waals surface area contributed by atoms with Crippen molar-refractivity contribution >= 4 is 5.97 Å². The number of aryl methyl sites for hydroxylation is 3. The van der Waals surface area contributed by atoms with Crippen LogP contribution in [0.4, 0.5) is 0 Å². The van der Waals surface area contributed by atoms with Crippen LogP contribution in [0.5, 0.6) is 0 Å². The SMILES string of the molecule is Cc1ccc(C(=O)O)cc1CCc1cncc(CN2CCCC2)c1. The Labute approximate surface area is 143 Å². The molecule has 2 aromatic rings. The van der Waals surface area contributed by atoms with Gasteiger partial charge in [-0.25, -0.2) is 4.79 Å². The summed E-state index contributed by atoms with van der Waals surface area (Å²) >= 11 is 0. The average Bonchev–Trinajstić information content (AvgIpc) is 3.07. The third kappa shape index (κ3) is 4.20. The zero-order valence-corrected chi connectivity index (χ0v) is 14.2. The number of rotatable bonds is 6. The number of carboxylic acid groups (broad SMARTS) is 1. The van der Waals surface area contributed by atoms with E-state index < -0.39 is 5.97 Å². The highest BCUT2D eigenvalue weighted by Crippen LogP contribution is 2.16. The lowest BCUT2D eigenvalue weighted by atomic mass is 9.98. The lowest BCUT2D eigenvalue weighted by Crippen LogP contribution is -2.18. The summed E-state index contributed by atoms with van der Waals surface area (Å²) in [6.45, 7) is 5.38. The number of hydrogen-bond donors (Lipinski definition) is 1. The summed E-state index contributed by atoms with van der Waals surface area (Å²) in [5.74, 6) is -0.870. The van der Waals surface area contributed by atoms with Crippen molar-refractivity contribution in [2.45, 2.75) is 39.2 Å². The molecule has 3 rings (SSSR count). The zero-order valence-electron chi connectivity index (χ0n) is 14.2. The van der Waals surface area contributed by atoms with E-state index in [0.717, 1.165) is 30.5 Å². The molecule has 24 heavy (non-hydrogen) atoms. The Morgan fingerprint density at radius 2 is 1.88 bits per heavy atom. The maximum atomic E-state index is 11.1. The predicted octanol–water partition coefficient (Wildman–Crippen LogP) is 3.47. The first-order chi connectivity index (χ1) is 11.6. The smallest absolute Gasteiger partial charge is 0.335 e. The van der Waals surface area contributed by atoms with Gasteiger partial charge in [-0.1, -0.05) is 12.1 Å². The molecule has 1 aromatic heterocycles. The van der Waals surface area contributed by atoms with Gasteiger partial charge in [0.2, 0.25) is 0 Å². The Bertz CT molecular complexity index is 721. The Balaban J connectivity index is 1.66. The molecule has 1 saturated heterocycles. The third-order valence-electron chi connectivity index (χ3n) is 4.74. The van der Waals surface area contributed by atoms with Crippen LogP contribution < -0.4 is 0 Å². The second-order valence-corrected chi connectivity index (χ2v) is 6.63. The molecule has 1 aliphatic rings. The van der Waals surface area contributed by atoms with E-state index in [1.807, 2.05) is 25.4 Å². The molecule has 126 valence electrons. The van der Waals surface area contributed by atoms with Gasteiger partial charge < -0.3 is 5.11 Å². The van der Waals surface area contributed by atoms with Crippen molar-refractivity contribution in [2.24, 2.45) is 0 Å². The number of benzene rings is 1. The molecule has 4 nitrogen and oxygen atoms in total. The summed E-state index contributed by atoms with van der Waals surface area (Å²) in [5, 5.41) is 9.14. The zero-order chi connectivity index (χ0) is 16.9. The lowest BCUT2D eigenvalue weighted by molar-refractivity contribution is 0.0696. The molecule has 1 fully saturated rings. The van der Waals surface area contributed by atoms with Crippen LogP contribution in [0.1, 0.15) is 45.5 Å². The molecule has 0 atom stereocenters. The lowest BCUT2D eigenvalue weighted by Gasteiger charge is -2.15. The summed E-state index contributed by atoms with van der Waals surface area (Å²) in [5.41, 5.74) is 5.08. The van der Waals surface area contributed by atoms with Crippen LogP contribution in [0.3, 0.4) is 0 Å². The first-order valence-electron chi connectivity index (χ1n) is 8.60. The number of aromatic carboxylic acids is 1. The highest BCUT2D eigenvalue weighted by molar-refractivity contribution is 5.87. The van der Waals surface area contributed by atoms with Gasteiger partial charge in [0.05, 0.1) is 5.56 Å². The van der Waals surface area contributed by atoms with Gasteiger partial charge in [-0.05, 0) is 80.1 Å². The van der Waals surface area contributed by atoms with E-state index in [2.05, 4.69) is 16.0 Å². The number of aromatic nitrogens is 1. The van der Waals surface area contributed by atoms with Crippen LogP contribution in [0.15, 0.2) is 36.7 Å². The van der Waals surface area contributed by atoms with Gasteiger partial charge in [0, 0.05) is 18.9 Å². The van der Waals surface area contributed by atoms with E-state index in [-0.39, 0.29) is 0 Å². The van der Waals surface area contributed by atoms with E-state index in [0.29, 0.717) is 5.56 Å². The van der Waals surface area contributed by atoms with E-state index in [9.17, 15) is 4.79 Å². The van der Waals surface area contributed by atoms with E-state index >= 15 is 0 Å². The van der Waals surface area contributed by atoms with Crippen molar-refractivity contribution in [2.75, 3.05) is 13.1 Å². The fourth-order valence-corrected chi connectivity index (χ4v) is 3.32. The maximum Gasteiger partial charge on any atom is 0.335 e. The van der Waals surface area contributed by atoms with Crippen molar-refractivity contribution in [1.82, 2.24) is 9.88 Å². The van der Waals surface area contributed by atoms with Crippen molar-refractivity contribution < 1.29 is 9.90 Å². The quantitative estimate of drug-likeness (QED) is 0.884. The molecule has 1 N–H and O–H groups in total. The van der Waals surface area contributed by atoms with Crippen LogP contribution in [-0.2, 0) is 19.4 Å². The molecule has 0 aliphatic carbocycles. The molecule has 2 heterocycles. The minimum Gasteiger partial charge on any atom is -0.478 e. The predicted molar refractivity (Wildman–Crippen MR) is 94.3 cm³/mol. The Morgan fingerprint density at radius 3 is 2.62 bits per heavy atom. The van der Waals surface area contributed by atoms with Crippen LogP contribution in [0.25, 0.3) is 0 Å². The molecule has 0 saturated carbocycles. The fourth-order valence-electron chi connectivity index (χ4n) is 3.32. The first-order valence-corrected chi connectivity index (χ1v) is 8.60. The van der Waals surface area contributed by atoms with Gasteiger partial charge in [0.15, 0.2) is 0 Å². The maximum absolute atomic E-state index is 11.1. The standard InChI is InChI=1S/C20H24N2O2/c1-15-4-6-19(20(23)24)11-18(15)7-5-16-10-17(13-21-12-16)14-22-8-2-3-9-22/h4,6,10-13H,2-3,5,7-9,14H2,1H3,(H,23,24). The number of pyridine rings is 1. The minimum atomic E-state index is -0.870. The summed E-state index contributed by atoms with van der Waals surface area (Å²) in [7, 11) is 0. The molecule has 4 heteroatoms. The van der Waals surface area contributed by atoms with Crippen molar-refractivity contribution in [3.8, 4) is 0 Å². The normalized spacial score (nSPS) is 14.9. The molecule has 0 spiro atoms. The summed E-state index contributed by atoms with van der Waals surface area (Å²) in [6.07, 6.45) is 8.19. The highest BCUT2D eigenvalue weighted by atomic mass is 16.4. The van der Waals surface area contributed by atoms with Gasteiger partial charge in [-0.15, -0.1) is 0 Å². The number of likely N-dealkylation sites (tertiary alicyclic amines) is 1. The van der Waals surface area contributed by atoms with Crippen LogP contribution in [0, 0.1) is 6.92 Å². The number of carbonyl (C=O) groups is 1. The first kappa shape index (κ1) is 16.7. The van der Waals surface area contributed by atoms with Crippen molar-refractivity contribution in [3.05, 3.63) is 64.5 Å². The molecule has 1 aromatic carbocycles. The topological polar surface area (TPSA) is 53.4 Å². The molecule has 0 radical (unpaired) electrons. The van der Waals surface area contributed by atoms with Crippen LogP contribution in [0.2, 0.25) is 0 Å². The monoisotopic (exact) mass is 324 g/mol. The number of carboxylic acids is 1. The average molecular weight is 324 g/mol. The van der Waals surface area contributed by atoms with E-state index in [4.69, 9.17) is 5.11 Å². The summed E-state index contributed by atoms with van der Waals surface area (Å²) < 4.78 is 0. The van der Waals surface area contributed by atoms with E-state index in [1.165, 1.54) is 37.1 Å².